The monoisotopic (exact) mass is 590 g/mol. The molecule has 2 aliphatic carbocycles. The van der Waals surface area contributed by atoms with Crippen molar-refractivity contribution in [2.75, 3.05) is 0 Å². The molecule has 2 aromatic carbocycles. The standard InChI is InChI=1S/C34H36F6S/c1-3-23-19-29(33(35,36)37)27(17-15-25-11-7-5-8-12-25)31(21-23)41-32-22-24(4-2)20-30(34(38,39)40)28(32)18-16-26-13-9-6-10-14-26/h19-22,25-26H,3-14H2,1-2H3. The molecule has 41 heavy (non-hydrogen) atoms. The van der Waals surface area contributed by atoms with Crippen molar-refractivity contribution < 1.29 is 26.3 Å². The molecular formula is C34H36F6S. The second-order valence-corrected chi connectivity index (χ2v) is 12.1. The van der Waals surface area contributed by atoms with Gasteiger partial charge in [-0.3, -0.25) is 0 Å². The SMILES string of the molecule is CCc1cc(Sc2cc(CC)cc(C(F)(F)F)c2C#CC2CCCCC2)c(C#CC2CCCCC2)c(C(F)(F)F)c1. The Morgan fingerprint density at radius 2 is 0.976 bits per heavy atom. The number of alkyl halides is 6. The van der Waals surface area contributed by atoms with Crippen molar-refractivity contribution in [3.8, 4) is 23.7 Å². The molecule has 0 radical (unpaired) electrons. The minimum absolute atomic E-state index is 0.0192. The number of aryl methyl sites for hydroxylation is 2. The Hall–Kier alpha value is -2.51. The molecule has 0 unspecified atom stereocenters. The minimum Gasteiger partial charge on any atom is -0.166 e. The van der Waals surface area contributed by atoms with E-state index >= 15 is 0 Å². The van der Waals surface area contributed by atoms with Crippen LogP contribution in [0.4, 0.5) is 26.3 Å². The molecule has 0 bridgehead atoms. The van der Waals surface area contributed by atoms with E-state index in [9.17, 15) is 26.3 Å². The Balaban J connectivity index is 1.90. The third kappa shape index (κ3) is 8.29. The van der Waals surface area contributed by atoms with Crippen molar-refractivity contribution in [1.82, 2.24) is 0 Å². The van der Waals surface area contributed by atoms with Gasteiger partial charge in [0.25, 0.3) is 0 Å². The number of hydrogen-bond donors (Lipinski definition) is 0. The molecule has 0 nitrogen and oxygen atoms in total. The lowest BCUT2D eigenvalue weighted by atomic mass is 9.89. The highest BCUT2D eigenvalue weighted by Gasteiger charge is 2.37. The molecule has 0 spiro atoms. The summed E-state index contributed by atoms with van der Waals surface area (Å²) >= 11 is 0.929. The van der Waals surface area contributed by atoms with Crippen LogP contribution in [0.2, 0.25) is 0 Å². The predicted molar refractivity (Wildman–Crippen MR) is 153 cm³/mol. The Morgan fingerprint density at radius 1 is 0.610 bits per heavy atom. The van der Waals surface area contributed by atoms with Crippen molar-refractivity contribution in [1.29, 1.82) is 0 Å². The van der Waals surface area contributed by atoms with Gasteiger partial charge in [0.1, 0.15) is 0 Å². The summed E-state index contributed by atoms with van der Waals surface area (Å²) in [5.41, 5.74) is -1.07. The van der Waals surface area contributed by atoms with Gasteiger partial charge < -0.3 is 0 Å². The molecule has 2 fully saturated rings. The Bertz CT molecular complexity index is 1230. The molecule has 0 atom stereocenters. The topological polar surface area (TPSA) is 0 Å². The van der Waals surface area contributed by atoms with E-state index in [1.165, 1.54) is 0 Å². The first-order valence-electron chi connectivity index (χ1n) is 14.7. The number of rotatable bonds is 4. The molecule has 7 heteroatoms. The number of benzene rings is 2. The molecule has 2 aromatic rings. The van der Waals surface area contributed by atoms with E-state index in [1.54, 1.807) is 26.0 Å². The van der Waals surface area contributed by atoms with Gasteiger partial charge in [-0.15, -0.1) is 0 Å². The van der Waals surface area contributed by atoms with E-state index < -0.39 is 23.5 Å². The molecule has 0 amide bonds. The summed E-state index contributed by atoms with van der Waals surface area (Å²) in [5.74, 6) is 11.9. The van der Waals surface area contributed by atoms with Crippen LogP contribution in [0, 0.1) is 35.5 Å². The van der Waals surface area contributed by atoms with E-state index in [0.29, 0.717) is 24.0 Å². The fourth-order valence-corrected chi connectivity index (χ4v) is 6.76. The van der Waals surface area contributed by atoms with Crippen LogP contribution in [-0.2, 0) is 25.2 Å². The maximum Gasteiger partial charge on any atom is 0.417 e. The van der Waals surface area contributed by atoms with Crippen molar-refractivity contribution in [2.24, 2.45) is 11.8 Å². The smallest absolute Gasteiger partial charge is 0.166 e. The predicted octanol–water partition coefficient (Wildman–Crippen LogP) is 10.9. The van der Waals surface area contributed by atoms with Crippen LogP contribution in [0.3, 0.4) is 0 Å². The second kappa shape index (κ2) is 13.6. The van der Waals surface area contributed by atoms with Gasteiger partial charge in [-0.2, -0.15) is 26.3 Å². The molecule has 2 aliphatic rings. The van der Waals surface area contributed by atoms with E-state index in [2.05, 4.69) is 23.7 Å². The second-order valence-electron chi connectivity index (χ2n) is 11.0. The summed E-state index contributed by atoms with van der Waals surface area (Å²) in [6, 6.07) is 5.55. The third-order valence-electron chi connectivity index (χ3n) is 7.98. The summed E-state index contributed by atoms with van der Waals surface area (Å²) in [7, 11) is 0. The van der Waals surface area contributed by atoms with Gasteiger partial charge in [0.15, 0.2) is 0 Å². The van der Waals surface area contributed by atoms with Crippen LogP contribution >= 0.6 is 11.8 Å². The Morgan fingerprint density at radius 3 is 1.29 bits per heavy atom. The highest BCUT2D eigenvalue weighted by atomic mass is 32.2. The summed E-state index contributed by atoms with van der Waals surface area (Å²) < 4.78 is 86.1. The molecule has 2 saturated carbocycles. The van der Waals surface area contributed by atoms with Gasteiger partial charge in [-0.05, 0) is 73.9 Å². The van der Waals surface area contributed by atoms with Gasteiger partial charge in [-0.25, -0.2) is 0 Å². The lowest BCUT2D eigenvalue weighted by Gasteiger charge is -2.19. The van der Waals surface area contributed by atoms with Gasteiger partial charge in [0.2, 0.25) is 0 Å². The van der Waals surface area contributed by atoms with Crippen LogP contribution in [0.25, 0.3) is 0 Å². The van der Waals surface area contributed by atoms with Crippen LogP contribution in [-0.4, -0.2) is 0 Å². The Labute approximate surface area is 244 Å². The van der Waals surface area contributed by atoms with Crippen molar-refractivity contribution in [3.05, 3.63) is 57.6 Å². The summed E-state index contributed by atoms with van der Waals surface area (Å²) in [5, 5.41) is 0. The van der Waals surface area contributed by atoms with Crippen LogP contribution in [0.1, 0.15) is 111 Å². The van der Waals surface area contributed by atoms with E-state index in [1.807, 2.05) is 0 Å². The quantitative estimate of drug-likeness (QED) is 0.252. The maximum absolute atomic E-state index is 14.3. The van der Waals surface area contributed by atoms with Gasteiger partial charge in [0.05, 0.1) is 22.3 Å². The highest BCUT2D eigenvalue weighted by molar-refractivity contribution is 7.99. The summed E-state index contributed by atoms with van der Waals surface area (Å²) in [6.07, 6.45) is 0.956. The van der Waals surface area contributed by atoms with E-state index in [-0.39, 0.29) is 32.8 Å². The zero-order valence-corrected chi connectivity index (χ0v) is 24.4. The molecule has 0 N–H and O–H groups in total. The fourth-order valence-electron chi connectivity index (χ4n) is 5.58. The largest absolute Gasteiger partial charge is 0.417 e. The molecule has 0 heterocycles. The highest BCUT2D eigenvalue weighted by Crippen LogP contribution is 2.44. The van der Waals surface area contributed by atoms with Gasteiger partial charge >= 0.3 is 12.4 Å². The molecule has 0 saturated heterocycles. The first kappa shape index (κ1) is 31.4. The lowest BCUT2D eigenvalue weighted by molar-refractivity contribution is -0.138. The third-order valence-corrected chi connectivity index (χ3v) is 9.07. The van der Waals surface area contributed by atoms with E-state index in [4.69, 9.17) is 0 Å². The van der Waals surface area contributed by atoms with Crippen molar-refractivity contribution in [3.63, 3.8) is 0 Å². The average Bonchev–Trinajstić information content (AvgIpc) is 2.95. The first-order chi connectivity index (χ1) is 19.5. The lowest BCUT2D eigenvalue weighted by Crippen LogP contribution is -2.11. The normalized spacial score (nSPS) is 17.0. The van der Waals surface area contributed by atoms with Crippen molar-refractivity contribution >= 4 is 11.8 Å². The van der Waals surface area contributed by atoms with Crippen molar-refractivity contribution in [2.45, 2.75) is 113 Å². The summed E-state index contributed by atoms with van der Waals surface area (Å²) in [4.78, 5) is 0.448. The van der Waals surface area contributed by atoms with Crippen LogP contribution < -0.4 is 0 Å². The zero-order valence-electron chi connectivity index (χ0n) is 23.6. The maximum atomic E-state index is 14.3. The molecule has 0 aliphatic heterocycles. The minimum atomic E-state index is -4.65. The number of halogens is 6. The zero-order chi connectivity index (χ0) is 29.6. The molecule has 220 valence electrons. The Kier molecular flexibility index (Phi) is 10.5. The van der Waals surface area contributed by atoms with Gasteiger partial charge in [-0.1, -0.05) is 87.8 Å². The fraction of sp³-hybridized carbons (Fsp3) is 0.529. The van der Waals surface area contributed by atoms with Crippen LogP contribution in [0.5, 0.6) is 0 Å². The van der Waals surface area contributed by atoms with Crippen LogP contribution in [0.15, 0.2) is 34.1 Å². The van der Waals surface area contributed by atoms with E-state index in [0.717, 1.165) is 88.1 Å². The molecule has 0 aromatic heterocycles. The first-order valence-corrected chi connectivity index (χ1v) is 15.5. The molecule has 4 rings (SSSR count). The molecular weight excluding hydrogens is 554 g/mol. The summed E-state index contributed by atoms with van der Waals surface area (Å²) in [6.45, 7) is 3.52. The van der Waals surface area contributed by atoms with Gasteiger partial charge in [0, 0.05) is 21.6 Å². The average molecular weight is 591 g/mol. The number of hydrogen-bond acceptors (Lipinski definition) is 1.